The number of carbonyl (C=O) groups is 1. The molecular formula is C22H19N3O. The van der Waals surface area contributed by atoms with Crippen LogP contribution in [0.4, 0.5) is 0 Å². The summed E-state index contributed by atoms with van der Waals surface area (Å²) in [6.45, 7) is 0. The summed E-state index contributed by atoms with van der Waals surface area (Å²) >= 11 is 0. The first-order chi connectivity index (χ1) is 12.7. The maximum atomic E-state index is 11.4. The van der Waals surface area contributed by atoms with E-state index in [9.17, 15) is 4.79 Å². The smallest absolute Gasteiger partial charge is 0.217 e. The Morgan fingerprint density at radius 3 is 2.58 bits per heavy atom. The standard InChI is InChI=1S/C22H19N3O/c23-21(26)12-10-17-13-16(15-5-2-1-3-6-15)9-11-18(17)19-7-4-8-20-22(19)25-14-24-20/h1-9,11,13-14H,10,12H2,(H2,23,26)(H,24,25). The van der Waals surface area contributed by atoms with E-state index in [-0.39, 0.29) is 5.91 Å². The van der Waals surface area contributed by atoms with Crippen LogP contribution < -0.4 is 5.73 Å². The van der Waals surface area contributed by atoms with Gasteiger partial charge in [-0.2, -0.15) is 0 Å². The average molecular weight is 341 g/mol. The first-order valence-corrected chi connectivity index (χ1v) is 8.61. The summed E-state index contributed by atoms with van der Waals surface area (Å²) < 4.78 is 0. The van der Waals surface area contributed by atoms with Crippen molar-refractivity contribution in [3.8, 4) is 22.3 Å². The second kappa shape index (κ2) is 6.84. The number of hydrogen-bond acceptors (Lipinski definition) is 2. The molecule has 1 amide bonds. The molecular weight excluding hydrogens is 322 g/mol. The number of hydrogen-bond donors (Lipinski definition) is 2. The van der Waals surface area contributed by atoms with E-state index in [4.69, 9.17) is 5.73 Å². The van der Waals surface area contributed by atoms with Gasteiger partial charge in [0.25, 0.3) is 0 Å². The van der Waals surface area contributed by atoms with E-state index in [1.807, 2.05) is 30.3 Å². The fourth-order valence-corrected chi connectivity index (χ4v) is 3.31. The number of rotatable bonds is 5. The quantitative estimate of drug-likeness (QED) is 0.567. The van der Waals surface area contributed by atoms with Crippen LogP contribution in [0.2, 0.25) is 0 Å². The topological polar surface area (TPSA) is 71.8 Å². The van der Waals surface area contributed by atoms with E-state index in [2.05, 4.69) is 46.4 Å². The minimum Gasteiger partial charge on any atom is -0.370 e. The van der Waals surface area contributed by atoms with Crippen LogP contribution in [-0.2, 0) is 11.2 Å². The summed E-state index contributed by atoms with van der Waals surface area (Å²) in [5, 5.41) is 0. The van der Waals surface area contributed by atoms with Gasteiger partial charge in [-0.3, -0.25) is 4.79 Å². The Balaban J connectivity index is 1.85. The number of carbonyl (C=O) groups excluding carboxylic acids is 1. The highest BCUT2D eigenvalue weighted by atomic mass is 16.1. The molecule has 128 valence electrons. The summed E-state index contributed by atoms with van der Waals surface area (Å²) in [4.78, 5) is 19.0. The van der Waals surface area contributed by atoms with Crippen molar-refractivity contribution in [2.24, 2.45) is 5.73 Å². The van der Waals surface area contributed by atoms with Crippen molar-refractivity contribution in [1.82, 2.24) is 9.97 Å². The summed E-state index contributed by atoms with van der Waals surface area (Å²) in [6, 6.07) is 22.7. The van der Waals surface area contributed by atoms with Gasteiger partial charge in [-0.15, -0.1) is 0 Å². The highest BCUT2D eigenvalue weighted by molar-refractivity contribution is 5.93. The zero-order valence-corrected chi connectivity index (χ0v) is 14.3. The molecule has 0 unspecified atom stereocenters. The van der Waals surface area contributed by atoms with Crippen molar-refractivity contribution in [3.05, 3.63) is 78.6 Å². The van der Waals surface area contributed by atoms with Gasteiger partial charge in [0, 0.05) is 12.0 Å². The van der Waals surface area contributed by atoms with E-state index in [0.717, 1.165) is 38.9 Å². The molecule has 0 aliphatic rings. The molecule has 4 heteroatoms. The number of H-pyrrole nitrogens is 1. The Hall–Kier alpha value is -3.40. The number of aryl methyl sites for hydroxylation is 1. The summed E-state index contributed by atoms with van der Waals surface area (Å²) in [7, 11) is 0. The fourth-order valence-electron chi connectivity index (χ4n) is 3.31. The number of aromatic amines is 1. The Bertz CT molecular complexity index is 1070. The van der Waals surface area contributed by atoms with E-state index in [0.29, 0.717) is 12.8 Å². The van der Waals surface area contributed by atoms with Gasteiger partial charge in [0.1, 0.15) is 0 Å². The van der Waals surface area contributed by atoms with Crippen LogP contribution in [-0.4, -0.2) is 15.9 Å². The Kier molecular flexibility index (Phi) is 4.23. The van der Waals surface area contributed by atoms with Gasteiger partial charge in [-0.05, 0) is 34.7 Å². The number of nitrogens with two attached hydrogens (primary N) is 1. The molecule has 0 radical (unpaired) electrons. The number of amides is 1. The van der Waals surface area contributed by atoms with Gasteiger partial charge in [0.05, 0.1) is 17.4 Å². The monoisotopic (exact) mass is 341 g/mol. The molecule has 0 saturated heterocycles. The zero-order chi connectivity index (χ0) is 17.9. The molecule has 0 atom stereocenters. The van der Waals surface area contributed by atoms with Crippen molar-refractivity contribution in [2.75, 3.05) is 0 Å². The normalized spacial score (nSPS) is 10.9. The highest BCUT2D eigenvalue weighted by Crippen LogP contribution is 2.33. The van der Waals surface area contributed by atoms with Gasteiger partial charge in [0.2, 0.25) is 5.91 Å². The third kappa shape index (κ3) is 3.09. The lowest BCUT2D eigenvalue weighted by Crippen LogP contribution is -2.11. The molecule has 0 aliphatic carbocycles. The number of nitrogens with zero attached hydrogens (tertiary/aromatic N) is 1. The number of nitrogens with one attached hydrogen (secondary N) is 1. The molecule has 1 aromatic heterocycles. The predicted octanol–water partition coefficient (Wildman–Crippen LogP) is 4.31. The van der Waals surface area contributed by atoms with Crippen molar-refractivity contribution in [2.45, 2.75) is 12.8 Å². The molecule has 0 bridgehead atoms. The number of para-hydroxylation sites is 1. The molecule has 3 aromatic carbocycles. The van der Waals surface area contributed by atoms with Gasteiger partial charge in [0.15, 0.2) is 0 Å². The largest absolute Gasteiger partial charge is 0.370 e. The van der Waals surface area contributed by atoms with Crippen molar-refractivity contribution < 1.29 is 4.79 Å². The maximum absolute atomic E-state index is 11.4. The zero-order valence-electron chi connectivity index (χ0n) is 14.3. The third-order valence-electron chi connectivity index (χ3n) is 4.59. The van der Waals surface area contributed by atoms with Crippen molar-refractivity contribution in [3.63, 3.8) is 0 Å². The number of aromatic nitrogens is 2. The Labute approximate surface area is 151 Å². The van der Waals surface area contributed by atoms with Crippen LogP contribution in [0.5, 0.6) is 0 Å². The Morgan fingerprint density at radius 2 is 1.77 bits per heavy atom. The van der Waals surface area contributed by atoms with Gasteiger partial charge >= 0.3 is 0 Å². The van der Waals surface area contributed by atoms with Gasteiger partial charge < -0.3 is 10.7 Å². The Morgan fingerprint density at radius 1 is 0.923 bits per heavy atom. The fraction of sp³-hybridized carbons (Fsp3) is 0.0909. The molecule has 0 aliphatic heterocycles. The maximum Gasteiger partial charge on any atom is 0.217 e. The van der Waals surface area contributed by atoms with E-state index < -0.39 is 0 Å². The van der Waals surface area contributed by atoms with Crippen molar-refractivity contribution >= 4 is 16.9 Å². The van der Waals surface area contributed by atoms with Gasteiger partial charge in [-0.1, -0.05) is 60.7 Å². The molecule has 4 aromatic rings. The van der Waals surface area contributed by atoms with E-state index >= 15 is 0 Å². The summed E-state index contributed by atoms with van der Waals surface area (Å²) in [5.41, 5.74) is 12.8. The summed E-state index contributed by atoms with van der Waals surface area (Å²) in [5.74, 6) is -0.293. The number of benzene rings is 3. The minimum atomic E-state index is -0.293. The van der Waals surface area contributed by atoms with Crippen LogP contribution >= 0.6 is 0 Å². The molecule has 26 heavy (non-hydrogen) atoms. The first-order valence-electron chi connectivity index (χ1n) is 8.61. The third-order valence-corrected chi connectivity index (χ3v) is 4.59. The minimum absolute atomic E-state index is 0.293. The first kappa shape index (κ1) is 16.1. The number of primary amides is 1. The second-order valence-corrected chi connectivity index (χ2v) is 6.31. The summed E-state index contributed by atoms with van der Waals surface area (Å²) in [6.07, 6.45) is 2.63. The highest BCUT2D eigenvalue weighted by Gasteiger charge is 2.12. The van der Waals surface area contributed by atoms with Crippen LogP contribution in [0.15, 0.2) is 73.1 Å². The average Bonchev–Trinajstić information content (AvgIpc) is 3.16. The number of imidazole rings is 1. The van der Waals surface area contributed by atoms with Crippen molar-refractivity contribution in [1.29, 1.82) is 0 Å². The molecule has 4 rings (SSSR count). The molecule has 0 fully saturated rings. The lowest BCUT2D eigenvalue weighted by molar-refractivity contribution is -0.117. The molecule has 1 heterocycles. The number of fused-ring (bicyclic) bond motifs is 1. The molecule has 0 spiro atoms. The van der Waals surface area contributed by atoms with Crippen LogP contribution in [0.25, 0.3) is 33.3 Å². The molecule has 4 nitrogen and oxygen atoms in total. The predicted molar refractivity (Wildman–Crippen MR) is 104 cm³/mol. The van der Waals surface area contributed by atoms with Crippen LogP contribution in [0.3, 0.4) is 0 Å². The molecule has 3 N–H and O–H groups in total. The van der Waals surface area contributed by atoms with E-state index in [1.54, 1.807) is 6.33 Å². The SMILES string of the molecule is NC(=O)CCc1cc(-c2ccccc2)ccc1-c1cccc2[nH]cnc12. The van der Waals surface area contributed by atoms with Crippen LogP contribution in [0, 0.1) is 0 Å². The van der Waals surface area contributed by atoms with Crippen LogP contribution in [0.1, 0.15) is 12.0 Å². The lowest BCUT2D eigenvalue weighted by atomic mass is 9.92. The van der Waals surface area contributed by atoms with E-state index in [1.165, 1.54) is 0 Å². The molecule has 0 saturated carbocycles. The lowest BCUT2D eigenvalue weighted by Gasteiger charge is -2.13. The van der Waals surface area contributed by atoms with Gasteiger partial charge in [-0.25, -0.2) is 4.98 Å². The second-order valence-electron chi connectivity index (χ2n) is 6.31.